The van der Waals surface area contributed by atoms with Crippen LogP contribution in [0.25, 0.3) is 11.5 Å². The number of sulfonamides is 1. The van der Waals surface area contributed by atoms with Gasteiger partial charge in [0.15, 0.2) is 0 Å². The summed E-state index contributed by atoms with van der Waals surface area (Å²) in [5.41, 5.74) is 3.20. The first-order valence-corrected chi connectivity index (χ1v) is 12.8. The Hall–Kier alpha value is -3.98. The molecule has 0 unspecified atom stereocenters. The number of para-hydroxylation sites is 1. The predicted octanol–water partition coefficient (Wildman–Crippen LogP) is 4.24. The van der Waals surface area contributed by atoms with Crippen molar-refractivity contribution in [2.45, 2.75) is 32.1 Å². The normalized spacial score (nSPS) is 11.2. The molecule has 4 aromatic rings. The number of carbonyl (C=O) groups excluding carboxylic acids is 1. The maximum Gasteiger partial charge on any atom is 0.236 e. The van der Waals surface area contributed by atoms with Crippen molar-refractivity contribution in [2.75, 3.05) is 4.72 Å². The fourth-order valence-corrected chi connectivity index (χ4v) is 4.76. The number of aromatic nitrogens is 2. The predicted molar refractivity (Wildman–Crippen MR) is 134 cm³/mol. The maximum absolute atomic E-state index is 12.8. The van der Waals surface area contributed by atoms with Crippen LogP contribution in [-0.4, -0.2) is 24.3 Å². The molecule has 2 N–H and O–H groups in total. The second-order valence-electron chi connectivity index (χ2n) is 8.05. The van der Waals surface area contributed by atoms with Crippen LogP contribution in [-0.2, 0) is 33.5 Å². The molecular weight excluding hydrogens is 464 g/mol. The summed E-state index contributed by atoms with van der Waals surface area (Å²) in [5.74, 6) is 0.585. The van der Waals surface area contributed by atoms with Gasteiger partial charge in [0.05, 0.1) is 23.5 Å². The topological polar surface area (TPSA) is 114 Å². The lowest BCUT2D eigenvalue weighted by molar-refractivity contribution is -0.121. The molecule has 180 valence electrons. The summed E-state index contributed by atoms with van der Waals surface area (Å²) < 4.78 is 34.0. The van der Waals surface area contributed by atoms with E-state index in [0.29, 0.717) is 41.1 Å². The Morgan fingerprint density at radius 2 is 1.66 bits per heavy atom. The molecule has 0 radical (unpaired) electrons. The minimum absolute atomic E-state index is 0.0974. The molecule has 2 aromatic heterocycles. The first-order chi connectivity index (χ1) is 16.9. The van der Waals surface area contributed by atoms with Crippen LogP contribution in [0.3, 0.4) is 0 Å². The van der Waals surface area contributed by atoms with Crippen molar-refractivity contribution >= 4 is 21.6 Å². The minimum atomic E-state index is -3.65. The van der Waals surface area contributed by atoms with E-state index in [0.717, 1.165) is 5.56 Å². The van der Waals surface area contributed by atoms with Gasteiger partial charge in [0.1, 0.15) is 11.5 Å². The second-order valence-corrected chi connectivity index (χ2v) is 9.77. The van der Waals surface area contributed by atoms with Crippen LogP contribution in [0, 0.1) is 6.92 Å². The number of hydrogen-bond donors (Lipinski definition) is 2. The molecule has 35 heavy (non-hydrogen) atoms. The van der Waals surface area contributed by atoms with Gasteiger partial charge >= 0.3 is 0 Å². The van der Waals surface area contributed by atoms with E-state index in [1.54, 1.807) is 67.8 Å². The average Bonchev–Trinajstić information content (AvgIpc) is 3.22. The number of benzene rings is 2. The number of aryl methyl sites for hydroxylation is 2. The summed E-state index contributed by atoms with van der Waals surface area (Å²) in [6.07, 6.45) is 4.37. The van der Waals surface area contributed by atoms with Crippen LogP contribution in [0.15, 0.2) is 83.5 Å². The molecule has 0 fully saturated rings. The Morgan fingerprint density at radius 3 is 2.43 bits per heavy atom. The largest absolute Gasteiger partial charge is 0.441 e. The number of hydrogen-bond acceptors (Lipinski definition) is 6. The van der Waals surface area contributed by atoms with E-state index in [-0.39, 0.29) is 24.1 Å². The first kappa shape index (κ1) is 24.2. The van der Waals surface area contributed by atoms with Gasteiger partial charge in [0, 0.05) is 18.8 Å². The van der Waals surface area contributed by atoms with Crippen LogP contribution in [0.4, 0.5) is 5.69 Å². The molecule has 0 saturated carbocycles. The third kappa shape index (κ3) is 6.77. The average molecular weight is 491 g/mol. The molecule has 0 atom stereocenters. The Bertz CT molecular complexity index is 1390. The first-order valence-electron chi connectivity index (χ1n) is 11.2. The molecule has 1 amide bonds. The van der Waals surface area contributed by atoms with Crippen LogP contribution in [0.1, 0.15) is 29.0 Å². The van der Waals surface area contributed by atoms with Gasteiger partial charge in [-0.3, -0.25) is 14.5 Å². The molecule has 4 rings (SSSR count). The molecule has 9 heteroatoms. The van der Waals surface area contributed by atoms with Gasteiger partial charge in [-0.05, 0) is 48.7 Å². The monoisotopic (exact) mass is 490 g/mol. The number of pyridine rings is 1. The van der Waals surface area contributed by atoms with E-state index in [1.807, 2.05) is 18.2 Å². The Kier molecular flexibility index (Phi) is 7.57. The molecule has 0 aliphatic heterocycles. The van der Waals surface area contributed by atoms with Crippen LogP contribution in [0.2, 0.25) is 0 Å². The number of anilines is 1. The minimum Gasteiger partial charge on any atom is -0.441 e. The highest BCUT2D eigenvalue weighted by molar-refractivity contribution is 7.91. The number of carbonyl (C=O) groups is 1. The van der Waals surface area contributed by atoms with E-state index < -0.39 is 10.0 Å². The molecule has 0 saturated heterocycles. The lowest BCUT2D eigenvalue weighted by Crippen LogP contribution is -2.23. The Balaban J connectivity index is 1.42. The highest BCUT2D eigenvalue weighted by Gasteiger charge is 2.19. The molecule has 0 aliphatic rings. The lowest BCUT2D eigenvalue weighted by atomic mass is 10.1. The molecule has 2 heterocycles. The second kappa shape index (κ2) is 11.0. The van der Waals surface area contributed by atoms with Crippen molar-refractivity contribution in [3.05, 3.63) is 102 Å². The van der Waals surface area contributed by atoms with Crippen molar-refractivity contribution < 1.29 is 17.6 Å². The molecule has 0 aliphatic carbocycles. The van der Waals surface area contributed by atoms with Gasteiger partial charge in [0.2, 0.25) is 21.8 Å². The van der Waals surface area contributed by atoms with Crippen LogP contribution >= 0.6 is 0 Å². The smallest absolute Gasteiger partial charge is 0.236 e. The van der Waals surface area contributed by atoms with Gasteiger partial charge in [-0.15, -0.1) is 0 Å². The summed E-state index contributed by atoms with van der Waals surface area (Å²) in [6.45, 7) is 1.98. The van der Waals surface area contributed by atoms with E-state index in [2.05, 4.69) is 20.0 Å². The molecule has 0 bridgehead atoms. The standard InChI is InChI=1S/C26H26N4O4S/c1-19-24(17-28-25(31)12-11-20-13-15-27-16-14-20)29-26(34-19)22-9-5-6-10-23(22)30-35(32,33)18-21-7-3-2-4-8-21/h2-10,13-16,30H,11-12,17-18H2,1H3,(H,28,31). The number of rotatable bonds is 10. The quantitative estimate of drug-likeness (QED) is 0.344. The summed E-state index contributed by atoms with van der Waals surface area (Å²) in [7, 11) is -3.65. The van der Waals surface area contributed by atoms with Crippen molar-refractivity contribution in [1.82, 2.24) is 15.3 Å². The maximum atomic E-state index is 12.8. The molecule has 8 nitrogen and oxygen atoms in total. The Morgan fingerprint density at radius 1 is 0.943 bits per heavy atom. The summed E-state index contributed by atoms with van der Waals surface area (Å²) in [4.78, 5) is 20.8. The highest BCUT2D eigenvalue weighted by Crippen LogP contribution is 2.30. The third-order valence-electron chi connectivity index (χ3n) is 5.36. The zero-order chi connectivity index (χ0) is 24.7. The Labute approximate surface area is 204 Å². The highest BCUT2D eigenvalue weighted by atomic mass is 32.2. The number of nitrogens with one attached hydrogen (secondary N) is 2. The van der Waals surface area contributed by atoms with Crippen molar-refractivity contribution in [3.8, 4) is 11.5 Å². The molecular formula is C26H26N4O4S. The van der Waals surface area contributed by atoms with Gasteiger partial charge in [0.25, 0.3) is 0 Å². The lowest BCUT2D eigenvalue weighted by Gasteiger charge is -2.11. The molecule has 0 spiro atoms. The van der Waals surface area contributed by atoms with Crippen molar-refractivity contribution in [2.24, 2.45) is 0 Å². The van der Waals surface area contributed by atoms with Gasteiger partial charge in [-0.1, -0.05) is 42.5 Å². The summed E-state index contributed by atoms with van der Waals surface area (Å²) in [6, 6.07) is 19.7. The number of nitrogens with zero attached hydrogens (tertiary/aromatic N) is 2. The van der Waals surface area contributed by atoms with Crippen molar-refractivity contribution in [3.63, 3.8) is 0 Å². The van der Waals surface area contributed by atoms with E-state index >= 15 is 0 Å². The summed E-state index contributed by atoms with van der Waals surface area (Å²) in [5, 5.41) is 2.87. The number of oxazole rings is 1. The fourth-order valence-electron chi connectivity index (χ4n) is 3.54. The fraction of sp³-hybridized carbons (Fsp3) is 0.192. The van der Waals surface area contributed by atoms with E-state index in [4.69, 9.17) is 4.42 Å². The van der Waals surface area contributed by atoms with Crippen molar-refractivity contribution in [1.29, 1.82) is 0 Å². The third-order valence-corrected chi connectivity index (χ3v) is 6.60. The van der Waals surface area contributed by atoms with Crippen LogP contribution < -0.4 is 10.0 Å². The molecule has 2 aromatic carbocycles. The summed E-state index contributed by atoms with van der Waals surface area (Å²) >= 11 is 0. The van der Waals surface area contributed by atoms with Gasteiger partial charge in [-0.2, -0.15) is 0 Å². The SMILES string of the molecule is Cc1oc(-c2ccccc2NS(=O)(=O)Cc2ccccc2)nc1CNC(=O)CCc1ccncc1. The van der Waals surface area contributed by atoms with Gasteiger partial charge < -0.3 is 9.73 Å². The number of amides is 1. The zero-order valence-electron chi connectivity index (χ0n) is 19.3. The zero-order valence-corrected chi connectivity index (χ0v) is 20.1. The van der Waals surface area contributed by atoms with Gasteiger partial charge in [-0.25, -0.2) is 13.4 Å². The van der Waals surface area contributed by atoms with Crippen LogP contribution in [0.5, 0.6) is 0 Å². The van der Waals surface area contributed by atoms with E-state index in [1.165, 1.54) is 0 Å². The van der Waals surface area contributed by atoms with E-state index in [9.17, 15) is 13.2 Å².